The number of hydrogen-bond donors (Lipinski definition) is 1. The molecule has 1 aromatic carbocycles. The third-order valence-corrected chi connectivity index (χ3v) is 2.94. The molecule has 0 aliphatic rings. The van der Waals surface area contributed by atoms with E-state index in [0.29, 0.717) is 13.1 Å². The third-order valence-electron chi connectivity index (χ3n) is 2.94. The van der Waals surface area contributed by atoms with Crippen LogP contribution in [0.3, 0.4) is 0 Å². The highest BCUT2D eigenvalue weighted by molar-refractivity contribution is 5.82. The van der Waals surface area contributed by atoms with Crippen molar-refractivity contribution in [2.75, 3.05) is 6.61 Å². The van der Waals surface area contributed by atoms with Gasteiger partial charge in [0.05, 0.1) is 0 Å². The molecule has 0 unspecified atom stereocenters. The number of aryl methyl sites for hydroxylation is 1. The normalized spacial score (nSPS) is 9.50. The molecular formula is C16H19NO3. The number of benzene rings is 1. The van der Waals surface area contributed by atoms with E-state index < -0.39 is 0 Å². The molecule has 0 aliphatic heterocycles. The molecule has 0 fully saturated rings. The van der Waals surface area contributed by atoms with Gasteiger partial charge in [-0.15, -0.1) is 0 Å². The summed E-state index contributed by atoms with van der Waals surface area (Å²) in [5.74, 6) is 0. The second kappa shape index (κ2) is 7.94. The molecule has 106 valence electrons. The zero-order valence-corrected chi connectivity index (χ0v) is 11.8. The van der Waals surface area contributed by atoms with Gasteiger partial charge in [-0.1, -0.05) is 37.8 Å². The number of rotatable bonds is 4. The van der Waals surface area contributed by atoms with Crippen molar-refractivity contribution in [3.8, 4) is 0 Å². The molecule has 0 bridgehead atoms. The second-order valence-electron chi connectivity index (χ2n) is 4.18. The third kappa shape index (κ3) is 3.82. The number of pyridine rings is 1. The Hall–Kier alpha value is -2.36. The van der Waals surface area contributed by atoms with Crippen LogP contribution in [0.25, 0.3) is 10.9 Å². The second-order valence-corrected chi connectivity index (χ2v) is 4.18. The van der Waals surface area contributed by atoms with Crippen molar-refractivity contribution < 1.29 is 9.53 Å². The van der Waals surface area contributed by atoms with E-state index in [4.69, 9.17) is 0 Å². The number of H-pyrrole nitrogens is 1. The lowest BCUT2D eigenvalue weighted by Crippen LogP contribution is -2.13. The summed E-state index contributed by atoms with van der Waals surface area (Å²) in [4.78, 5) is 23.8. The van der Waals surface area contributed by atoms with Crippen LogP contribution in [0.1, 0.15) is 18.1 Å². The number of nitrogens with one attached hydrogen (secondary N) is 1. The van der Waals surface area contributed by atoms with Gasteiger partial charge in [-0.2, -0.15) is 0 Å². The smallest absolute Gasteiger partial charge is 0.293 e. The van der Waals surface area contributed by atoms with Gasteiger partial charge in [-0.3, -0.25) is 9.59 Å². The molecule has 4 nitrogen and oxygen atoms in total. The SMILES string of the molecule is C=CCOC=O.CCc1c(C)c2ccccc2[nH]c1=O. The maximum atomic E-state index is 11.6. The Morgan fingerprint density at radius 3 is 2.60 bits per heavy atom. The number of para-hydroxylation sites is 1. The van der Waals surface area contributed by atoms with Gasteiger partial charge in [0.2, 0.25) is 0 Å². The van der Waals surface area contributed by atoms with Crippen molar-refractivity contribution in [2.45, 2.75) is 20.3 Å². The van der Waals surface area contributed by atoms with E-state index in [9.17, 15) is 9.59 Å². The van der Waals surface area contributed by atoms with E-state index in [1.807, 2.05) is 38.1 Å². The molecule has 1 heterocycles. The predicted octanol–water partition coefficient (Wildman–Crippen LogP) is 2.74. The standard InChI is InChI=1S/C12H13NO.C4H6O2/c1-3-9-8(2)10-6-4-5-7-11(10)13-12(9)14;1-2-3-6-4-5/h4-7H,3H2,1-2H3,(H,13,14);2,4H,1,3H2. The van der Waals surface area contributed by atoms with Crippen molar-refractivity contribution in [3.63, 3.8) is 0 Å². The van der Waals surface area contributed by atoms with Gasteiger partial charge >= 0.3 is 0 Å². The van der Waals surface area contributed by atoms with Crippen molar-refractivity contribution in [1.29, 1.82) is 0 Å². The van der Waals surface area contributed by atoms with Crippen LogP contribution in [0.5, 0.6) is 0 Å². The number of carbonyl (C=O) groups excluding carboxylic acids is 1. The van der Waals surface area contributed by atoms with Crippen LogP contribution in [-0.4, -0.2) is 18.1 Å². The zero-order chi connectivity index (χ0) is 15.0. The van der Waals surface area contributed by atoms with Crippen LogP contribution in [0.2, 0.25) is 0 Å². The Morgan fingerprint density at radius 1 is 1.35 bits per heavy atom. The number of aromatic nitrogens is 1. The molecular weight excluding hydrogens is 254 g/mol. The zero-order valence-electron chi connectivity index (χ0n) is 11.8. The molecule has 4 heteroatoms. The first kappa shape index (κ1) is 15.7. The Bertz CT molecular complexity index is 636. The number of aromatic amines is 1. The topological polar surface area (TPSA) is 59.2 Å². The van der Waals surface area contributed by atoms with Gasteiger partial charge in [-0.25, -0.2) is 0 Å². The van der Waals surface area contributed by atoms with Crippen LogP contribution >= 0.6 is 0 Å². The highest BCUT2D eigenvalue weighted by Gasteiger charge is 2.05. The van der Waals surface area contributed by atoms with Crippen LogP contribution in [0.15, 0.2) is 41.7 Å². The molecule has 1 aromatic heterocycles. The molecule has 20 heavy (non-hydrogen) atoms. The summed E-state index contributed by atoms with van der Waals surface area (Å²) < 4.78 is 4.18. The van der Waals surface area contributed by atoms with Crippen LogP contribution in [0.4, 0.5) is 0 Å². The monoisotopic (exact) mass is 273 g/mol. The van der Waals surface area contributed by atoms with Gasteiger partial charge in [0.1, 0.15) is 6.61 Å². The lowest BCUT2D eigenvalue weighted by Gasteiger charge is -2.05. The number of ether oxygens (including phenoxy) is 1. The van der Waals surface area contributed by atoms with Crippen LogP contribution < -0.4 is 5.56 Å². The minimum absolute atomic E-state index is 0.0451. The number of hydrogen-bond acceptors (Lipinski definition) is 3. The molecule has 0 amide bonds. The first-order valence-corrected chi connectivity index (χ1v) is 6.42. The number of fused-ring (bicyclic) bond motifs is 1. The van der Waals surface area contributed by atoms with E-state index in [1.54, 1.807) is 0 Å². The van der Waals surface area contributed by atoms with Gasteiger partial charge in [0.25, 0.3) is 12.0 Å². The fraction of sp³-hybridized carbons (Fsp3) is 0.250. The van der Waals surface area contributed by atoms with Crippen molar-refractivity contribution in [1.82, 2.24) is 4.98 Å². The summed E-state index contributed by atoms with van der Waals surface area (Å²) in [6.45, 7) is 8.03. The minimum Gasteiger partial charge on any atom is -0.464 e. The maximum Gasteiger partial charge on any atom is 0.293 e. The molecule has 2 rings (SSSR count). The highest BCUT2D eigenvalue weighted by Crippen LogP contribution is 2.16. The Morgan fingerprint density at radius 2 is 2.05 bits per heavy atom. The highest BCUT2D eigenvalue weighted by atomic mass is 16.5. The van der Waals surface area contributed by atoms with Gasteiger partial charge < -0.3 is 9.72 Å². The Kier molecular flexibility index (Phi) is 6.23. The minimum atomic E-state index is 0.0451. The van der Waals surface area contributed by atoms with Crippen molar-refractivity contribution >= 4 is 17.4 Å². The lowest BCUT2D eigenvalue weighted by atomic mass is 10.0. The fourth-order valence-corrected chi connectivity index (χ4v) is 1.98. The molecule has 0 atom stereocenters. The first-order chi connectivity index (χ1) is 9.65. The predicted molar refractivity (Wildman–Crippen MR) is 80.9 cm³/mol. The summed E-state index contributed by atoms with van der Waals surface area (Å²) in [6, 6.07) is 7.90. The Labute approximate surface area is 118 Å². The molecule has 1 N–H and O–H groups in total. The van der Waals surface area contributed by atoms with E-state index in [-0.39, 0.29) is 5.56 Å². The molecule has 0 radical (unpaired) electrons. The summed E-state index contributed by atoms with van der Waals surface area (Å²) in [6.07, 6.45) is 2.29. The average molecular weight is 273 g/mol. The summed E-state index contributed by atoms with van der Waals surface area (Å²) in [5, 5.41) is 1.14. The van der Waals surface area contributed by atoms with Gasteiger partial charge in [-0.05, 0) is 25.0 Å². The van der Waals surface area contributed by atoms with Crippen LogP contribution in [-0.2, 0) is 16.0 Å². The lowest BCUT2D eigenvalue weighted by molar-refractivity contribution is -0.127. The van der Waals surface area contributed by atoms with E-state index in [2.05, 4.69) is 16.3 Å². The van der Waals surface area contributed by atoms with Crippen molar-refractivity contribution in [3.05, 3.63) is 58.4 Å². The van der Waals surface area contributed by atoms with Gasteiger partial charge in [0.15, 0.2) is 0 Å². The summed E-state index contributed by atoms with van der Waals surface area (Å²) in [7, 11) is 0. The van der Waals surface area contributed by atoms with Crippen LogP contribution in [0, 0.1) is 6.92 Å². The van der Waals surface area contributed by atoms with E-state index in [1.165, 1.54) is 6.08 Å². The summed E-state index contributed by atoms with van der Waals surface area (Å²) in [5.41, 5.74) is 2.96. The van der Waals surface area contributed by atoms with Crippen molar-refractivity contribution in [2.24, 2.45) is 0 Å². The van der Waals surface area contributed by atoms with E-state index in [0.717, 1.165) is 28.5 Å². The summed E-state index contributed by atoms with van der Waals surface area (Å²) >= 11 is 0. The molecule has 0 saturated heterocycles. The Balaban J connectivity index is 0.000000286. The average Bonchev–Trinajstić information content (AvgIpc) is 2.46. The van der Waals surface area contributed by atoms with Gasteiger partial charge in [0, 0.05) is 16.5 Å². The first-order valence-electron chi connectivity index (χ1n) is 6.42. The number of carbonyl (C=O) groups is 1. The van der Waals surface area contributed by atoms with E-state index >= 15 is 0 Å². The molecule has 0 aliphatic carbocycles. The molecule has 0 saturated carbocycles. The molecule has 2 aromatic rings. The quantitative estimate of drug-likeness (QED) is 0.529. The maximum absolute atomic E-state index is 11.6. The fourth-order valence-electron chi connectivity index (χ4n) is 1.98. The largest absolute Gasteiger partial charge is 0.464 e. The molecule has 0 spiro atoms.